The van der Waals surface area contributed by atoms with Crippen LogP contribution in [0.5, 0.6) is 0 Å². The number of hydrogen-bond acceptors (Lipinski definition) is 3. The molecule has 2 aromatic rings. The third-order valence-electron chi connectivity index (χ3n) is 6.23. The van der Waals surface area contributed by atoms with Crippen molar-refractivity contribution in [2.45, 2.75) is 56.9 Å². The first-order valence-electron chi connectivity index (χ1n) is 11.3. The van der Waals surface area contributed by atoms with Crippen molar-refractivity contribution in [3.8, 4) is 0 Å². The number of benzene rings is 2. The lowest BCUT2D eigenvalue weighted by Crippen LogP contribution is -2.47. The van der Waals surface area contributed by atoms with Crippen molar-refractivity contribution in [2.75, 3.05) is 11.9 Å². The largest absolute Gasteiger partial charge is 0.345 e. The maximum absolute atomic E-state index is 13.6. The summed E-state index contributed by atoms with van der Waals surface area (Å²) in [7, 11) is 0. The molecule has 3 unspecified atom stereocenters. The molecule has 0 saturated heterocycles. The highest BCUT2D eigenvalue weighted by molar-refractivity contribution is 6.39. The maximum atomic E-state index is 13.6. The van der Waals surface area contributed by atoms with E-state index in [9.17, 15) is 14.0 Å². The lowest BCUT2D eigenvalue weighted by molar-refractivity contribution is -0.137. The van der Waals surface area contributed by atoms with Crippen LogP contribution in [0.4, 0.5) is 10.1 Å². The van der Waals surface area contributed by atoms with Crippen molar-refractivity contribution < 1.29 is 14.0 Å². The number of halogens is 2. The second-order valence-electron chi connectivity index (χ2n) is 8.48. The van der Waals surface area contributed by atoms with E-state index in [1.54, 1.807) is 0 Å². The first kappa shape index (κ1) is 24.2. The predicted octanol–water partition coefficient (Wildman–Crippen LogP) is 5.01. The van der Waals surface area contributed by atoms with Gasteiger partial charge >= 0.3 is 11.8 Å². The number of nitrogens with two attached hydrogens (primary N) is 1. The number of amides is 2. The number of carbonyl (C=O) groups excluding carboxylic acids is 2. The van der Waals surface area contributed by atoms with Crippen molar-refractivity contribution >= 4 is 29.1 Å². The zero-order valence-corrected chi connectivity index (χ0v) is 18.9. The van der Waals surface area contributed by atoms with Crippen LogP contribution >= 0.6 is 11.6 Å². The molecule has 4 N–H and O–H groups in total. The van der Waals surface area contributed by atoms with Gasteiger partial charge in [-0.05, 0) is 74.2 Å². The zero-order valence-electron chi connectivity index (χ0n) is 18.2. The van der Waals surface area contributed by atoms with Gasteiger partial charge in [-0.25, -0.2) is 4.39 Å². The molecule has 2 amide bonds. The van der Waals surface area contributed by atoms with Crippen LogP contribution in [0.2, 0.25) is 5.02 Å². The molecule has 172 valence electrons. The molecule has 1 aliphatic rings. The summed E-state index contributed by atoms with van der Waals surface area (Å²) in [6, 6.07) is 14.3. The summed E-state index contributed by atoms with van der Waals surface area (Å²) in [6.07, 6.45) is 6.83. The van der Waals surface area contributed by atoms with E-state index in [1.807, 2.05) is 6.07 Å². The quantitative estimate of drug-likeness (QED) is 0.383. The minimum Gasteiger partial charge on any atom is -0.345 e. The molecule has 0 bridgehead atoms. The summed E-state index contributed by atoms with van der Waals surface area (Å²) in [5, 5.41) is 5.34. The van der Waals surface area contributed by atoms with Crippen LogP contribution in [0.1, 0.15) is 56.4 Å². The lowest BCUT2D eigenvalue weighted by Gasteiger charge is -2.37. The molecule has 0 spiro atoms. The number of carbonyl (C=O) groups is 2. The van der Waals surface area contributed by atoms with Crippen molar-refractivity contribution in [3.63, 3.8) is 0 Å². The van der Waals surface area contributed by atoms with Gasteiger partial charge in [0.15, 0.2) is 0 Å². The first-order chi connectivity index (χ1) is 15.5. The van der Waals surface area contributed by atoms with E-state index < -0.39 is 17.6 Å². The van der Waals surface area contributed by atoms with Crippen LogP contribution in [0, 0.1) is 11.7 Å². The fraction of sp³-hybridized carbons (Fsp3) is 0.440. The molecule has 0 aliphatic heterocycles. The molecule has 0 aromatic heterocycles. The predicted molar refractivity (Wildman–Crippen MR) is 126 cm³/mol. The Bertz CT molecular complexity index is 909. The fourth-order valence-electron chi connectivity index (χ4n) is 4.52. The topological polar surface area (TPSA) is 84.2 Å². The van der Waals surface area contributed by atoms with Crippen LogP contribution in [0.25, 0.3) is 0 Å². The Morgan fingerprint density at radius 3 is 2.53 bits per heavy atom. The molecule has 3 rings (SSSR count). The van der Waals surface area contributed by atoms with Gasteiger partial charge in [0.05, 0.1) is 5.02 Å². The first-order valence-corrected chi connectivity index (χ1v) is 11.7. The van der Waals surface area contributed by atoms with Gasteiger partial charge in [0, 0.05) is 11.7 Å². The number of nitrogens with one attached hydrogen (secondary N) is 2. The lowest BCUT2D eigenvalue weighted by atomic mass is 9.73. The zero-order chi connectivity index (χ0) is 22.9. The van der Waals surface area contributed by atoms with Crippen molar-refractivity contribution in [2.24, 2.45) is 11.7 Å². The Morgan fingerprint density at radius 1 is 1.03 bits per heavy atom. The highest BCUT2D eigenvalue weighted by Crippen LogP contribution is 2.38. The minimum atomic E-state index is -0.807. The summed E-state index contributed by atoms with van der Waals surface area (Å²) in [4.78, 5) is 25.0. The van der Waals surface area contributed by atoms with Gasteiger partial charge < -0.3 is 16.4 Å². The van der Waals surface area contributed by atoms with Crippen LogP contribution in [-0.4, -0.2) is 24.4 Å². The summed E-state index contributed by atoms with van der Waals surface area (Å²) in [6.45, 7) is 0.683. The monoisotopic (exact) mass is 459 g/mol. The van der Waals surface area contributed by atoms with Gasteiger partial charge in [-0.2, -0.15) is 0 Å². The molecule has 0 heterocycles. The second-order valence-corrected chi connectivity index (χ2v) is 8.89. The Labute approximate surface area is 193 Å². The number of anilines is 1. The molecule has 1 saturated carbocycles. The maximum Gasteiger partial charge on any atom is 0.313 e. The van der Waals surface area contributed by atoms with E-state index >= 15 is 0 Å². The standard InChI is InChI=1S/C25H31ClFN3O2/c26-21-12-11-20(16-22(21)27)29-24(31)25(32)30-23-13-10-18(17-7-3-1-4-8-17)15-19(23)9-5-2-6-14-28/h1,3-4,7-8,11-12,16,18-19,23H,2,5-6,9-10,13-15,28H2,(H,29,31)(H,30,32). The molecule has 5 nitrogen and oxygen atoms in total. The van der Waals surface area contributed by atoms with Crippen molar-refractivity contribution in [1.29, 1.82) is 0 Å². The van der Waals surface area contributed by atoms with E-state index in [2.05, 4.69) is 34.9 Å². The Hall–Kier alpha value is -2.44. The summed E-state index contributed by atoms with van der Waals surface area (Å²) >= 11 is 5.67. The van der Waals surface area contributed by atoms with Gasteiger partial charge in [0.1, 0.15) is 5.82 Å². The van der Waals surface area contributed by atoms with Gasteiger partial charge in [-0.15, -0.1) is 0 Å². The van der Waals surface area contributed by atoms with Crippen LogP contribution in [0.3, 0.4) is 0 Å². The fourth-order valence-corrected chi connectivity index (χ4v) is 4.64. The summed E-state index contributed by atoms with van der Waals surface area (Å²) in [5.41, 5.74) is 7.14. The smallest absolute Gasteiger partial charge is 0.313 e. The molecule has 2 aromatic carbocycles. The molecule has 3 atom stereocenters. The normalized spacial score (nSPS) is 20.5. The van der Waals surface area contributed by atoms with Crippen molar-refractivity contribution in [3.05, 3.63) is 64.9 Å². The third kappa shape index (κ3) is 6.78. The minimum absolute atomic E-state index is 0.0416. The average molecular weight is 460 g/mol. The van der Waals surface area contributed by atoms with Crippen LogP contribution in [-0.2, 0) is 9.59 Å². The van der Waals surface area contributed by atoms with Crippen molar-refractivity contribution in [1.82, 2.24) is 5.32 Å². The van der Waals surface area contributed by atoms with E-state index in [0.29, 0.717) is 12.5 Å². The Balaban J connectivity index is 1.61. The number of rotatable bonds is 8. The summed E-state index contributed by atoms with van der Waals surface area (Å²) < 4.78 is 13.6. The van der Waals surface area contributed by atoms with Crippen LogP contribution in [0.15, 0.2) is 48.5 Å². The van der Waals surface area contributed by atoms with E-state index in [-0.39, 0.29) is 22.7 Å². The second kappa shape index (κ2) is 12.0. The molecule has 32 heavy (non-hydrogen) atoms. The third-order valence-corrected chi connectivity index (χ3v) is 6.54. The molecular formula is C25H31ClFN3O2. The molecule has 1 aliphatic carbocycles. The molecule has 0 radical (unpaired) electrons. The highest BCUT2D eigenvalue weighted by Gasteiger charge is 2.33. The van der Waals surface area contributed by atoms with Gasteiger partial charge in [-0.3, -0.25) is 9.59 Å². The van der Waals surface area contributed by atoms with Gasteiger partial charge in [0.25, 0.3) is 0 Å². The highest BCUT2D eigenvalue weighted by atomic mass is 35.5. The molecule has 1 fully saturated rings. The number of unbranched alkanes of at least 4 members (excludes halogenated alkanes) is 2. The van der Waals surface area contributed by atoms with Gasteiger partial charge in [-0.1, -0.05) is 54.8 Å². The van der Waals surface area contributed by atoms with E-state index in [0.717, 1.165) is 51.0 Å². The van der Waals surface area contributed by atoms with Gasteiger partial charge in [0.2, 0.25) is 0 Å². The Morgan fingerprint density at radius 2 is 1.81 bits per heavy atom. The number of hydrogen-bond donors (Lipinski definition) is 3. The average Bonchev–Trinajstić information content (AvgIpc) is 2.80. The van der Waals surface area contributed by atoms with E-state index in [1.165, 1.54) is 17.7 Å². The SMILES string of the molecule is NCCCCCC1CC(c2ccccc2)CCC1NC(=O)C(=O)Nc1ccc(Cl)c(F)c1. The summed E-state index contributed by atoms with van der Waals surface area (Å²) in [5.74, 6) is -1.41. The Kier molecular flexibility index (Phi) is 9.06. The molecule has 7 heteroatoms. The molecular weight excluding hydrogens is 429 g/mol. The van der Waals surface area contributed by atoms with Crippen LogP contribution < -0.4 is 16.4 Å². The van der Waals surface area contributed by atoms with E-state index in [4.69, 9.17) is 17.3 Å².